The number of nitrogens with zero attached hydrogens (tertiary/aromatic N) is 5. The van der Waals surface area contributed by atoms with Gasteiger partial charge in [-0.25, -0.2) is 18.2 Å². The van der Waals surface area contributed by atoms with E-state index in [4.69, 9.17) is 25.9 Å². The zero-order chi connectivity index (χ0) is 32.2. The first-order valence-electron chi connectivity index (χ1n) is 16.2. The number of halogens is 3. The number of piperazine rings is 1. The number of fused-ring (bicyclic) bond motifs is 7. The minimum atomic E-state index is -0.961. The number of hydrogen-bond donors (Lipinski definition) is 1. The summed E-state index contributed by atoms with van der Waals surface area (Å²) in [6.07, 6.45) is 7.40. The van der Waals surface area contributed by atoms with Crippen LogP contribution in [-0.4, -0.2) is 82.0 Å². The van der Waals surface area contributed by atoms with E-state index in [0.29, 0.717) is 60.0 Å². The fourth-order valence-corrected chi connectivity index (χ4v) is 8.87. The molecule has 5 aliphatic rings. The van der Waals surface area contributed by atoms with Crippen molar-refractivity contribution in [2.75, 3.05) is 31.1 Å². The van der Waals surface area contributed by atoms with Gasteiger partial charge in [-0.15, -0.1) is 6.42 Å². The highest BCUT2D eigenvalue weighted by atomic mass is 19.1. The minimum absolute atomic E-state index is 0.00361. The number of pyridine rings is 1. The maximum Gasteiger partial charge on any atom is 0.319 e. The Kier molecular flexibility index (Phi) is 6.31. The molecule has 2 aromatic heterocycles. The Morgan fingerprint density at radius 1 is 1.15 bits per heavy atom. The van der Waals surface area contributed by atoms with E-state index in [2.05, 4.69) is 32.6 Å². The van der Waals surface area contributed by atoms with Crippen molar-refractivity contribution in [2.45, 2.75) is 68.5 Å². The first-order valence-corrected chi connectivity index (χ1v) is 16.2. The van der Waals surface area contributed by atoms with Crippen LogP contribution in [0.15, 0.2) is 42.5 Å². The van der Waals surface area contributed by atoms with Crippen LogP contribution in [0.2, 0.25) is 0 Å². The molecule has 7 heterocycles. The van der Waals surface area contributed by atoms with Crippen LogP contribution in [0.25, 0.3) is 32.9 Å². The van der Waals surface area contributed by atoms with Gasteiger partial charge in [0.15, 0.2) is 5.82 Å². The number of nitrogens with one attached hydrogen (secondary N) is 1. The lowest BCUT2D eigenvalue weighted by Gasteiger charge is -2.42. The molecule has 240 valence electrons. The van der Waals surface area contributed by atoms with Gasteiger partial charge in [-0.05, 0) is 37.6 Å². The third-order valence-corrected chi connectivity index (χ3v) is 10.8. The van der Waals surface area contributed by atoms with Crippen LogP contribution >= 0.6 is 0 Å². The van der Waals surface area contributed by atoms with Crippen LogP contribution in [0, 0.1) is 24.0 Å². The average Bonchev–Trinajstić information content (AvgIpc) is 3.65. The van der Waals surface area contributed by atoms with Crippen LogP contribution < -0.4 is 19.7 Å². The fourth-order valence-electron chi connectivity index (χ4n) is 8.87. The molecule has 0 radical (unpaired) electrons. The van der Waals surface area contributed by atoms with Crippen LogP contribution in [0.1, 0.15) is 38.2 Å². The van der Waals surface area contributed by atoms with Crippen molar-refractivity contribution in [1.29, 1.82) is 0 Å². The van der Waals surface area contributed by atoms with Gasteiger partial charge in [-0.2, -0.15) is 9.97 Å². The molecule has 1 N–H and O–H groups in total. The molecule has 47 heavy (non-hydrogen) atoms. The normalized spacial score (nSPS) is 29.5. The first-order chi connectivity index (χ1) is 22.7. The van der Waals surface area contributed by atoms with Gasteiger partial charge in [0.2, 0.25) is 5.88 Å². The van der Waals surface area contributed by atoms with Gasteiger partial charge in [-0.1, -0.05) is 42.3 Å². The van der Waals surface area contributed by atoms with E-state index in [9.17, 15) is 8.78 Å². The second-order valence-electron chi connectivity index (χ2n) is 13.7. The van der Waals surface area contributed by atoms with Crippen molar-refractivity contribution in [1.82, 2.24) is 25.2 Å². The van der Waals surface area contributed by atoms with Crippen molar-refractivity contribution in [2.24, 2.45) is 0 Å². The lowest BCUT2D eigenvalue weighted by atomic mass is 9.93. The fraction of sp³-hybridized carbons (Fsp3) is 0.417. The largest absolute Gasteiger partial charge is 0.472 e. The molecule has 6 atom stereocenters. The Morgan fingerprint density at radius 3 is 2.87 bits per heavy atom. The van der Waals surface area contributed by atoms with E-state index in [-0.39, 0.29) is 59.5 Å². The van der Waals surface area contributed by atoms with Crippen LogP contribution in [0.3, 0.4) is 0 Å². The molecule has 4 unspecified atom stereocenters. The molecule has 0 saturated carbocycles. The highest BCUT2D eigenvalue weighted by Crippen LogP contribution is 2.46. The van der Waals surface area contributed by atoms with E-state index in [1.54, 1.807) is 24.3 Å². The predicted octanol–water partition coefficient (Wildman–Crippen LogP) is 5.32. The average molecular weight is 639 g/mol. The molecule has 8 nitrogen and oxygen atoms in total. The quantitative estimate of drug-likeness (QED) is 0.238. The summed E-state index contributed by atoms with van der Waals surface area (Å²) in [7, 11) is 0. The molecule has 4 aromatic rings. The van der Waals surface area contributed by atoms with Crippen molar-refractivity contribution in [3.8, 4) is 35.5 Å². The topological polar surface area (TPSA) is 75.6 Å². The van der Waals surface area contributed by atoms with Crippen LogP contribution in [0.4, 0.5) is 19.0 Å². The molecule has 2 bridgehead atoms. The molecule has 5 aliphatic heterocycles. The number of ether oxygens (including phenoxy) is 2. The zero-order valence-corrected chi connectivity index (χ0v) is 25.9. The predicted molar refractivity (Wildman–Crippen MR) is 172 cm³/mol. The van der Waals surface area contributed by atoms with Crippen molar-refractivity contribution >= 4 is 27.5 Å². The molecule has 4 saturated heterocycles. The minimum Gasteiger partial charge on any atom is -0.472 e. The second-order valence-corrected chi connectivity index (χ2v) is 13.7. The maximum absolute atomic E-state index is 17.1. The van der Waals surface area contributed by atoms with Gasteiger partial charge in [0.05, 0.1) is 17.1 Å². The SMILES string of the molecule is C#Cc1c(F)ccc2cccc(-c3nc4c5c(nc(OC[C@]67CC(=C)CN6C[C@H](F)C7)nc5c3F)N3CC5CCC(N5)C3C(C)O4)c12. The molecule has 9 rings (SSSR count). The Bertz CT molecular complexity index is 2050. The molecule has 0 aliphatic carbocycles. The standard InChI is InChI=1S/C36H33F3N6O2/c1-4-23-25(38)10-8-20-6-5-7-24(27(20)23)30-29(39)31-28-33(45-16-22-9-11-26(40-22)32(45)19(3)47-34(28)41-30)43-35(42-31)46-17-36-12-18(2)14-44(36)15-21(37)13-36/h1,5-8,10,19,21-22,26,32,40H,2,9,11-17H2,3H3/t19?,21-,22?,26?,32?,36-/m1/s1. The van der Waals surface area contributed by atoms with Gasteiger partial charge in [-0.3, -0.25) is 4.90 Å². The van der Waals surface area contributed by atoms with Crippen LogP contribution in [0.5, 0.6) is 11.9 Å². The maximum atomic E-state index is 17.1. The number of aromatic nitrogens is 3. The smallest absolute Gasteiger partial charge is 0.319 e. The molecule has 4 fully saturated rings. The van der Waals surface area contributed by atoms with Gasteiger partial charge in [0.25, 0.3) is 0 Å². The summed E-state index contributed by atoms with van der Waals surface area (Å²) < 4.78 is 59.6. The Balaban J connectivity index is 1.25. The molecule has 0 spiro atoms. The van der Waals surface area contributed by atoms with Crippen LogP contribution in [-0.2, 0) is 0 Å². The first kappa shape index (κ1) is 28.8. The highest BCUT2D eigenvalue weighted by Gasteiger charge is 2.51. The Morgan fingerprint density at radius 2 is 2.02 bits per heavy atom. The molecule has 11 heteroatoms. The third kappa shape index (κ3) is 4.27. The van der Waals surface area contributed by atoms with E-state index in [1.165, 1.54) is 6.07 Å². The zero-order valence-electron chi connectivity index (χ0n) is 25.9. The summed E-state index contributed by atoms with van der Waals surface area (Å²) in [6, 6.07) is 8.43. The van der Waals surface area contributed by atoms with Crippen molar-refractivity contribution in [3.05, 3.63) is 59.7 Å². The van der Waals surface area contributed by atoms with Crippen molar-refractivity contribution in [3.63, 3.8) is 0 Å². The molecule has 0 amide bonds. The number of anilines is 1. The molecular formula is C36H33F3N6O2. The number of rotatable bonds is 4. The number of alkyl halides is 1. The van der Waals surface area contributed by atoms with E-state index >= 15 is 4.39 Å². The summed E-state index contributed by atoms with van der Waals surface area (Å²) in [6.45, 7) is 7.87. The Labute approximate surface area is 270 Å². The third-order valence-electron chi connectivity index (χ3n) is 10.8. The van der Waals surface area contributed by atoms with E-state index in [1.807, 2.05) is 6.92 Å². The lowest BCUT2D eigenvalue weighted by Crippen LogP contribution is -2.62. The monoisotopic (exact) mass is 638 g/mol. The highest BCUT2D eigenvalue weighted by molar-refractivity contribution is 6.03. The Hall–Kier alpha value is -4.40. The number of hydrogen-bond acceptors (Lipinski definition) is 8. The van der Waals surface area contributed by atoms with Gasteiger partial charge < -0.3 is 19.7 Å². The van der Waals surface area contributed by atoms with Gasteiger partial charge >= 0.3 is 6.01 Å². The molecular weight excluding hydrogens is 605 g/mol. The van der Waals surface area contributed by atoms with Gasteiger partial charge in [0.1, 0.15) is 47.1 Å². The summed E-state index contributed by atoms with van der Waals surface area (Å²) >= 11 is 0. The summed E-state index contributed by atoms with van der Waals surface area (Å²) in [5.41, 5.74) is 0.751. The second kappa shape index (κ2) is 10.3. The van der Waals surface area contributed by atoms with E-state index in [0.717, 1.165) is 18.4 Å². The number of terminal acetylenes is 1. The molecule has 2 aromatic carbocycles. The number of benzene rings is 2. The van der Waals surface area contributed by atoms with E-state index < -0.39 is 23.3 Å². The summed E-state index contributed by atoms with van der Waals surface area (Å²) in [4.78, 5) is 18.6. The summed E-state index contributed by atoms with van der Waals surface area (Å²) in [5.74, 6) is 1.84. The van der Waals surface area contributed by atoms with Crippen molar-refractivity contribution < 1.29 is 22.6 Å². The summed E-state index contributed by atoms with van der Waals surface area (Å²) in [5, 5.41) is 5.09. The van der Waals surface area contributed by atoms with Gasteiger partial charge in [0, 0.05) is 49.1 Å². The lowest BCUT2D eigenvalue weighted by molar-refractivity contribution is 0.107.